The third kappa shape index (κ3) is 25.1. The van der Waals surface area contributed by atoms with Gasteiger partial charge in [-0.05, 0) is 50.4 Å². The molecule has 0 aliphatic rings. The molecule has 0 heterocycles. The number of aliphatic hydroxyl groups excluding tert-OH is 1. The van der Waals surface area contributed by atoms with Crippen LogP contribution in [0, 0.1) is 11.8 Å². The summed E-state index contributed by atoms with van der Waals surface area (Å²) in [7, 11) is 0. The summed E-state index contributed by atoms with van der Waals surface area (Å²) in [6, 6.07) is -12.0. The van der Waals surface area contributed by atoms with Crippen LogP contribution in [0.15, 0.2) is 9.98 Å². The van der Waals surface area contributed by atoms with E-state index in [2.05, 4.69) is 59.8 Å². The third-order valence-corrected chi connectivity index (χ3v) is 9.76. The van der Waals surface area contributed by atoms with E-state index in [0.29, 0.717) is 0 Å². The summed E-state index contributed by atoms with van der Waals surface area (Å²) in [6.45, 7) is 5.80. The van der Waals surface area contributed by atoms with Crippen molar-refractivity contribution in [2.45, 2.75) is 127 Å². The molecular weight excluding hydrogens is 907 g/mol. The van der Waals surface area contributed by atoms with Gasteiger partial charge in [0.2, 0.25) is 47.3 Å². The highest BCUT2D eigenvalue weighted by atomic mass is 32.1. The zero-order chi connectivity index (χ0) is 51.6. The highest BCUT2D eigenvalue weighted by Crippen LogP contribution is 2.11. The van der Waals surface area contributed by atoms with Crippen molar-refractivity contribution in [3.63, 3.8) is 0 Å². The Labute approximate surface area is 392 Å². The molecule has 0 aromatic carbocycles. The minimum absolute atomic E-state index is 0.00242. The van der Waals surface area contributed by atoms with Crippen LogP contribution in [0.25, 0.3) is 0 Å². The molecule has 0 radical (unpaired) electrons. The lowest BCUT2D eigenvalue weighted by Gasteiger charge is -2.28. The van der Waals surface area contributed by atoms with Gasteiger partial charge >= 0.3 is 11.9 Å². The van der Waals surface area contributed by atoms with Crippen LogP contribution < -0.4 is 71.6 Å². The fourth-order valence-electron chi connectivity index (χ4n) is 5.87. The molecule has 0 aromatic rings. The molecule has 67 heavy (non-hydrogen) atoms. The number of carbonyl (C=O) groups is 10. The quantitative estimate of drug-likeness (QED) is 0.0126. The summed E-state index contributed by atoms with van der Waals surface area (Å²) in [5.74, 6) is -12.6. The van der Waals surface area contributed by atoms with Crippen molar-refractivity contribution >= 4 is 83.7 Å². The lowest BCUT2D eigenvalue weighted by atomic mass is 9.99. The molecule has 0 aliphatic heterocycles. The first kappa shape index (κ1) is 60.5. The van der Waals surface area contributed by atoms with Gasteiger partial charge in [-0.3, -0.25) is 53.1 Å². The molecule has 0 unspecified atom stereocenters. The highest BCUT2D eigenvalue weighted by molar-refractivity contribution is 7.80. The molecule has 22 N–H and O–H groups in total. The van der Waals surface area contributed by atoms with Gasteiger partial charge in [0.25, 0.3) is 0 Å². The largest absolute Gasteiger partial charge is 0.481 e. The van der Waals surface area contributed by atoms with E-state index in [9.17, 15) is 63.3 Å². The zero-order valence-corrected chi connectivity index (χ0v) is 38.9. The van der Waals surface area contributed by atoms with Crippen LogP contribution in [0.3, 0.4) is 0 Å². The number of nitrogens with zero attached hydrogens (tertiary/aromatic N) is 2. The van der Waals surface area contributed by atoms with Crippen LogP contribution in [0.5, 0.6) is 0 Å². The van der Waals surface area contributed by atoms with Gasteiger partial charge in [0.05, 0.1) is 13.0 Å². The zero-order valence-electron chi connectivity index (χ0n) is 38.0. The van der Waals surface area contributed by atoms with Crippen molar-refractivity contribution in [3.05, 3.63) is 0 Å². The molecule has 0 saturated carbocycles. The van der Waals surface area contributed by atoms with E-state index >= 15 is 0 Å². The van der Waals surface area contributed by atoms with Crippen molar-refractivity contribution in [3.8, 4) is 0 Å². The SMILES string of the molecule is CC(C)C[C@H](NC(=O)[C@@H](NC(=O)[C@@H](N)CO)C(C)C)C(=O)N[C@@H](CC(=O)O)C(=O)N[C@@H](CCCN=C(N)N)C(=O)N[C@@H](CCC(N)=O)C(=O)N[C@@H](CCCN=C(N)N)C(=O)N[C@@H](CS)C(=O)O. The molecule has 8 amide bonds. The number of hydrogen-bond acceptors (Lipinski definition) is 15. The van der Waals surface area contributed by atoms with Gasteiger partial charge in [0, 0.05) is 25.3 Å². The maximum atomic E-state index is 14.0. The van der Waals surface area contributed by atoms with Gasteiger partial charge < -0.3 is 86.9 Å². The second-order valence-corrected chi connectivity index (χ2v) is 16.4. The molecule has 380 valence electrons. The fourth-order valence-corrected chi connectivity index (χ4v) is 6.12. The van der Waals surface area contributed by atoms with E-state index in [1.54, 1.807) is 27.7 Å². The summed E-state index contributed by atoms with van der Waals surface area (Å²) in [5, 5.41) is 45.1. The molecule has 0 spiro atoms. The van der Waals surface area contributed by atoms with Crippen LogP contribution in [0.2, 0.25) is 0 Å². The third-order valence-electron chi connectivity index (χ3n) is 9.40. The van der Waals surface area contributed by atoms with Gasteiger partial charge in [-0.1, -0.05) is 27.7 Å². The maximum absolute atomic E-state index is 14.0. The smallest absolute Gasteiger partial charge is 0.327 e. The number of aliphatic carboxylic acids is 2. The summed E-state index contributed by atoms with van der Waals surface area (Å²) in [4.78, 5) is 138. The Bertz CT molecular complexity index is 1780. The number of carboxylic acids is 2. The van der Waals surface area contributed by atoms with Crippen molar-refractivity contribution in [2.75, 3.05) is 25.4 Å². The van der Waals surface area contributed by atoms with Gasteiger partial charge in [0.1, 0.15) is 48.3 Å². The molecule has 0 bridgehead atoms. The summed E-state index contributed by atoms with van der Waals surface area (Å²) in [6.07, 6.45) is -2.33. The van der Waals surface area contributed by atoms with Crippen LogP contribution in [-0.2, 0) is 47.9 Å². The standard InChI is InChI=1S/C38H69N15O13S/c1-17(2)13-23(51-35(64)28(18(3)4)53-29(58)19(39)15-54)33(62)50-24(14-27(56)57)34(63)48-20(7-5-11-45-37(41)42)30(59)49-22(9-10-26(40)55)32(61)47-21(8-6-12-46-38(43)44)31(60)52-25(16-67)36(65)66/h17-25,28,54,67H,5-16,39H2,1-4H3,(H2,40,55)(H,47,61)(H,48,63)(H,49,59)(H,50,62)(H,51,64)(H,52,60)(H,53,58)(H,56,57)(H,65,66)(H4,41,42,45)(H4,43,44,46)/t19-,20-,21-,22-,23-,24-,25-,28-/m0/s1. The highest BCUT2D eigenvalue weighted by Gasteiger charge is 2.35. The molecule has 28 nitrogen and oxygen atoms in total. The number of nitrogens with two attached hydrogens (primary N) is 6. The number of aliphatic imine (C=N–C) groups is 2. The Balaban J connectivity index is 6.82. The molecule has 0 fully saturated rings. The predicted molar refractivity (Wildman–Crippen MR) is 245 cm³/mol. The number of nitrogens with one attached hydrogen (secondary N) is 7. The Hall–Kier alpha value is -6.49. The first-order valence-electron chi connectivity index (χ1n) is 21.2. The summed E-state index contributed by atoms with van der Waals surface area (Å²) in [5.41, 5.74) is 32.5. The van der Waals surface area contributed by atoms with E-state index in [1.165, 1.54) is 0 Å². The Morgan fingerprint density at radius 2 is 0.955 bits per heavy atom. The Morgan fingerprint density at radius 3 is 1.33 bits per heavy atom. The van der Waals surface area contributed by atoms with Crippen LogP contribution in [0.1, 0.15) is 79.1 Å². The number of hydrogen-bond donors (Lipinski definition) is 17. The topological polar surface area (TPSA) is 496 Å². The molecule has 0 saturated heterocycles. The molecule has 29 heteroatoms. The second kappa shape index (κ2) is 31.4. The maximum Gasteiger partial charge on any atom is 0.327 e. The first-order chi connectivity index (χ1) is 31.2. The van der Waals surface area contributed by atoms with Crippen LogP contribution in [0.4, 0.5) is 0 Å². The summed E-state index contributed by atoms with van der Waals surface area (Å²) >= 11 is 3.93. The number of carbonyl (C=O) groups excluding carboxylic acids is 8. The van der Waals surface area contributed by atoms with Crippen molar-refractivity contribution < 1.29 is 63.3 Å². The summed E-state index contributed by atoms with van der Waals surface area (Å²) < 4.78 is 0. The number of amides is 8. The van der Waals surface area contributed by atoms with Gasteiger partial charge in [-0.15, -0.1) is 0 Å². The van der Waals surface area contributed by atoms with Crippen LogP contribution in [-0.4, -0.2) is 160 Å². The number of guanidine groups is 2. The van der Waals surface area contributed by atoms with Gasteiger partial charge in [0.15, 0.2) is 11.9 Å². The lowest BCUT2D eigenvalue weighted by Crippen LogP contribution is -2.61. The van der Waals surface area contributed by atoms with Crippen molar-refractivity contribution in [1.82, 2.24) is 37.2 Å². The van der Waals surface area contributed by atoms with Gasteiger partial charge in [-0.2, -0.15) is 12.6 Å². The predicted octanol–water partition coefficient (Wildman–Crippen LogP) is -6.74. The van der Waals surface area contributed by atoms with Gasteiger partial charge in [-0.25, -0.2) is 4.79 Å². The minimum atomic E-state index is -1.88. The lowest BCUT2D eigenvalue weighted by molar-refractivity contribution is -0.142. The number of primary amides is 1. The van der Waals surface area contributed by atoms with E-state index in [4.69, 9.17) is 34.4 Å². The Kier molecular flexibility index (Phi) is 28.4. The number of carboxylic acid groups (broad SMARTS) is 2. The first-order valence-corrected chi connectivity index (χ1v) is 21.8. The molecule has 0 rings (SSSR count). The average Bonchev–Trinajstić information content (AvgIpc) is 3.23. The molecule has 0 aromatic heterocycles. The van der Waals surface area contributed by atoms with E-state index in [-0.39, 0.29) is 68.8 Å². The molecule has 0 aliphatic carbocycles. The number of aliphatic hydroxyl groups is 1. The number of rotatable bonds is 33. The van der Waals surface area contributed by atoms with Crippen molar-refractivity contribution in [2.24, 2.45) is 56.2 Å². The molecular formula is C38H69N15O13S. The van der Waals surface area contributed by atoms with E-state index < -0.39 is 139 Å². The van der Waals surface area contributed by atoms with Crippen molar-refractivity contribution in [1.29, 1.82) is 0 Å². The Morgan fingerprint density at radius 1 is 0.552 bits per heavy atom. The molecule has 8 atom stereocenters. The number of thiol groups is 1. The van der Waals surface area contributed by atoms with Crippen LogP contribution >= 0.6 is 12.6 Å². The van der Waals surface area contributed by atoms with E-state index in [0.717, 1.165) is 0 Å². The second-order valence-electron chi connectivity index (χ2n) is 16.0. The minimum Gasteiger partial charge on any atom is -0.481 e. The van der Waals surface area contributed by atoms with E-state index in [1.807, 2.05) is 0 Å². The fraction of sp³-hybridized carbons (Fsp3) is 0.684. The monoisotopic (exact) mass is 975 g/mol. The average molecular weight is 976 g/mol. The normalized spacial score (nSPS) is 14.5.